The number of carbonyl (C=O) groups is 3. The molecule has 3 rings (SSSR count). The molecular weight excluding hydrogens is 420 g/mol. The first-order chi connectivity index (χ1) is 15.9. The van der Waals surface area contributed by atoms with Crippen LogP contribution in [0.2, 0.25) is 0 Å². The summed E-state index contributed by atoms with van der Waals surface area (Å²) in [6.45, 7) is 7.63. The Morgan fingerprint density at radius 1 is 1.12 bits per heavy atom. The molecule has 1 aliphatic heterocycles. The van der Waals surface area contributed by atoms with Crippen molar-refractivity contribution in [1.82, 2.24) is 10.3 Å². The van der Waals surface area contributed by atoms with E-state index in [9.17, 15) is 14.4 Å². The number of aryl methyl sites for hydroxylation is 1. The van der Waals surface area contributed by atoms with E-state index in [1.54, 1.807) is 13.8 Å². The van der Waals surface area contributed by atoms with Gasteiger partial charge in [0, 0.05) is 24.5 Å². The fourth-order valence-corrected chi connectivity index (χ4v) is 3.89. The maximum absolute atomic E-state index is 13.0. The highest BCUT2D eigenvalue weighted by atomic mass is 16.5. The summed E-state index contributed by atoms with van der Waals surface area (Å²) in [6, 6.07) is 10.1. The van der Waals surface area contributed by atoms with Gasteiger partial charge in [0.25, 0.3) is 5.91 Å². The Morgan fingerprint density at radius 3 is 2.55 bits per heavy atom. The average molecular weight is 453 g/mol. The van der Waals surface area contributed by atoms with E-state index in [0.29, 0.717) is 23.4 Å². The number of benzene rings is 1. The Kier molecular flexibility index (Phi) is 8.40. The predicted octanol–water partition coefficient (Wildman–Crippen LogP) is 3.70. The Bertz CT molecular complexity index is 1000. The molecule has 1 aliphatic rings. The molecule has 1 saturated heterocycles. The molecule has 0 saturated carbocycles. The highest BCUT2D eigenvalue weighted by Gasteiger charge is 2.23. The molecule has 2 heterocycles. The van der Waals surface area contributed by atoms with Gasteiger partial charge in [0.05, 0.1) is 17.9 Å². The van der Waals surface area contributed by atoms with Crippen LogP contribution in [0, 0.1) is 6.92 Å². The van der Waals surface area contributed by atoms with Crippen molar-refractivity contribution in [3.8, 4) is 0 Å². The van der Waals surface area contributed by atoms with Gasteiger partial charge in [-0.25, -0.2) is 9.78 Å². The summed E-state index contributed by atoms with van der Waals surface area (Å²) >= 11 is 0. The highest BCUT2D eigenvalue weighted by Crippen LogP contribution is 2.23. The molecule has 1 unspecified atom stereocenters. The number of hydrogen-bond acceptors (Lipinski definition) is 6. The molecule has 1 aromatic heterocycles. The topological polar surface area (TPSA) is 101 Å². The molecule has 0 aliphatic carbocycles. The smallest absolute Gasteiger partial charge is 0.339 e. The standard InChI is InChI=1S/C25H32N4O4/c1-4-9-21(23(30)27-18-10-8-11-19(16-18)29-14-6-7-15-29)28-24(31)22-13-12-20(17(3)26-22)25(32)33-5-2/h8,10-13,16,21H,4-7,9,14-15H2,1-3H3,(H,27,30)(H,28,31). The fourth-order valence-electron chi connectivity index (χ4n) is 3.89. The number of pyridine rings is 1. The SMILES string of the molecule is CCCC(NC(=O)c1ccc(C(=O)OCC)c(C)n1)C(=O)Nc1cccc(N2CCCC2)c1. The van der Waals surface area contributed by atoms with Crippen molar-refractivity contribution in [1.29, 1.82) is 0 Å². The second kappa shape index (κ2) is 11.4. The molecule has 0 spiro atoms. The minimum atomic E-state index is -0.704. The molecule has 1 aromatic carbocycles. The molecular formula is C25H32N4O4. The quantitative estimate of drug-likeness (QED) is 0.563. The van der Waals surface area contributed by atoms with Gasteiger partial charge in [0.1, 0.15) is 11.7 Å². The number of carbonyl (C=O) groups excluding carboxylic acids is 3. The van der Waals surface area contributed by atoms with Crippen molar-refractivity contribution in [2.45, 2.75) is 52.5 Å². The Hall–Kier alpha value is -3.42. The van der Waals surface area contributed by atoms with E-state index in [1.807, 2.05) is 31.2 Å². The maximum atomic E-state index is 13.0. The van der Waals surface area contributed by atoms with Crippen LogP contribution in [0.3, 0.4) is 0 Å². The van der Waals surface area contributed by atoms with Crippen LogP contribution in [0.5, 0.6) is 0 Å². The van der Waals surface area contributed by atoms with Crippen molar-refractivity contribution in [2.24, 2.45) is 0 Å². The molecule has 2 amide bonds. The fraction of sp³-hybridized carbons (Fsp3) is 0.440. The van der Waals surface area contributed by atoms with E-state index in [1.165, 1.54) is 25.0 Å². The molecule has 1 fully saturated rings. The second-order valence-electron chi connectivity index (χ2n) is 8.10. The molecule has 2 N–H and O–H groups in total. The summed E-state index contributed by atoms with van der Waals surface area (Å²) < 4.78 is 5.00. The monoisotopic (exact) mass is 452 g/mol. The predicted molar refractivity (Wildman–Crippen MR) is 128 cm³/mol. The first kappa shape index (κ1) is 24.2. The van der Waals surface area contributed by atoms with Gasteiger partial charge in [-0.15, -0.1) is 0 Å². The van der Waals surface area contributed by atoms with Gasteiger partial charge in [0.2, 0.25) is 5.91 Å². The third-order valence-electron chi connectivity index (χ3n) is 5.60. The number of anilines is 2. The molecule has 8 heteroatoms. The average Bonchev–Trinajstić information content (AvgIpc) is 3.34. The Balaban J connectivity index is 1.68. The van der Waals surface area contributed by atoms with Gasteiger partial charge < -0.3 is 20.3 Å². The van der Waals surface area contributed by atoms with Crippen LogP contribution in [0.25, 0.3) is 0 Å². The number of nitrogens with zero attached hydrogens (tertiary/aromatic N) is 2. The summed E-state index contributed by atoms with van der Waals surface area (Å²) in [6.07, 6.45) is 3.56. The largest absolute Gasteiger partial charge is 0.462 e. The molecule has 2 aromatic rings. The van der Waals surface area contributed by atoms with Crippen LogP contribution in [0.15, 0.2) is 36.4 Å². The van der Waals surface area contributed by atoms with Crippen molar-refractivity contribution in [2.75, 3.05) is 29.9 Å². The summed E-state index contributed by atoms with van der Waals surface area (Å²) in [5.74, 6) is -1.22. The third kappa shape index (κ3) is 6.31. The molecule has 0 bridgehead atoms. The van der Waals surface area contributed by atoms with Crippen LogP contribution < -0.4 is 15.5 Å². The molecule has 1 atom stereocenters. The van der Waals surface area contributed by atoms with E-state index >= 15 is 0 Å². The molecule has 33 heavy (non-hydrogen) atoms. The maximum Gasteiger partial charge on any atom is 0.339 e. The van der Waals surface area contributed by atoms with Crippen molar-refractivity contribution >= 4 is 29.2 Å². The highest BCUT2D eigenvalue weighted by molar-refractivity contribution is 6.01. The first-order valence-electron chi connectivity index (χ1n) is 11.5. The van der Waals surface area contributed by atoms with Crippen LogP contribution in [-0.4, -0.2) is 48.5 Å². The van der Waals surface area contributed by atoms with Crippen LogP contribution in [0.4, 0.5) is 11.4 Å². The van der Waals surface area contributed by atoms with Gasteiger partial charge in [0.15, 0.2) is 0 Å². The molecule has 8 nitrogen and oxygen atoms in total. The Labute approximate surface area is 194 Å². The van der Waals surface area contributed by atoms with Crippen LogP contribution >= 0.6 is 0 Å². The van der Waals surface area contributed by atoms with E-state index < -0.39 is 17.9 Å². The lowest BCUT2D eigenvalue weighted by Crippen LogP contribution is -2.44. The number of hydrogen-bond donors (Lipinski definition) is 2. The minimum absolute atomic E-state index is 0.144. The van der Waals surface area contributed by atoms with E-state index in [-0.39, 0.29) is 18.2 Å². The first-order valence-corrected chi connectivity index (χ1v) is 11.5. The third-order valence-corrected chi connectivity index (χ3v) is 5.60. The zero-order valence-corrected chi connectivity index (χ0v) is 19.5. The normalized spacial score (nSPS) is 14.0. The van der Waals surface area contributed by atoms with Crippen LogP contribution in [-0.2, 0) is 9.53 Å². The van der Waals surface area contributed by atoms with Gasteiger partial charge in [-0.3, -0.25) is 9.59 Å². The molecule has 0 radical (unpaired) electrons. The Morgan fingerprint density at radius 2 is 1.88 bits per heavy atom. The second-order valence-corrected chi connectivity index (χ2v) is 8.10. The van der Waals surface area contributed by atoms with Crippen LogP contribution in [0.1, 0.15) is 66.1 Å². The lowest BCUT2D eigenvalue weighted by atomic mass is 10.1. The lowest BCUT2D eigenvalue weighted by Gasteiger charge is -2.20. The number of aromatic nitrogens is 1. The number of nitrogens with one attached hydrogen (secondary N) is 2. The summed E-state index contributed by atoms with van der Waals surface area (Å²) in [7, 11) is 0. The molecule has 176 valence electrons. The number of esters is 1. The zero-order chi connectivity index (χ0) is 23.8. The van der Waals surface area contributed by atoms with Gasteiger partial charge in [-0.1, -0.05) is 19.4 Å². The lowest BCUT2D eigenvalue weighted by molar-refractivity contribution is -0.118. The van der Waals surface area contributed by atoms with Gasteiger partial charge in [-0.2, -0.15) is 0 Å². The van der Waals surface area contributed by atoms with Gasteiger partial charge >= 0.3 is 5.97 Å². The minimum Gasteiger partial charge on any atom is -0.462 e. The van der Waals surface area contributed by atoms with E-state index in [2.05, 4.69) is 20.5 Å². The van der Waals surface area contributed by atoms with E-state index in [0.717, 1.165) is 25.2 Å². The van der Waals surface area contributed by atoms with Gasteiger partial charge in [-0.05, 0) is 63.4 Å². The zero-order valence-electron chi connectivity index (χ0n) is 19.5. The number of rotatable bonds is 9. The summed E-state index contributed by atoms with van der Waals surface area (Å²) in [5.41, 5.74) is 2.64. The summed E-state index contributed by atoms with van der Waals surface area (Å²) in [4.78, 5) is 44.3. The number of ether oxygens (including phenoxy) is 1. The number of amides is 2. The van der Waals surface area contributed by atoms with E-state index in [4.69, 9.17) is 4.74 Å². The summed E-state index contributed by atoms with van der Waals surface area (Å²) in [5, 5.41) is 5.72. The van der Waals surface area contributed by atoms with Crippen molar-refractivity contribution in [3.63, 3.8) is 0 Å². The van der Waals surface area contributed by atoms with Crippen molar-refractivity contribution < 1.29 is 19.1 Å². The van der Waals surface area contributed by atoms with Crippen molar-refractivity contribution in [3.05, 3.63) is 53.3 Å².